The molecule has 2 unspecified atom stereocenters. The first-order valence-electron chi connectivity index (χ1n) is 9.15. The molecule has 136 valence electrons. The Morgan fingerprint density at radius 1 is 1.24 bits per heavy atom. The highest BCUT2D eigenvalue weighted by Crippen LogP contribution is 2.40. The van der Waals surface area contributed by atoms with E-state index in [1.54, 1.807) is 7.11 Å². The van der Waals surface area contributed by atoms with E-state index in [2.05, 4.69) is 25.1 Å². The molecule has 0 saturated carbocycles. The van der Waals surface area contributed by atoms with Crippen LogP contribution in [0.3, 0.4) is 0 Å². The van der Waals surface area contributed by atoms with Gasteiger partial charge < -0.3 is 9.47 Å². The van der Waals surface area contributed by atoms with Gasteiger partial charge in [0.1, 0.15) is 11.4 Å². The lowest BCUT2D eigenvalue weighted by atomic mass is 9.82. The number of piperidine rings is 1. The Labute approximate surface area is 150 Å². The largest absolute Gasteiger partial charge is 0.496 e. The Balaban J connectivity index is 1.92. The number of amides is 1. The molecule has 2 atom stereocenters. The summed E-state index contributed by atoms with van der Waals surface area (Å²) in [4.78, 5) is 14.7. The van der Waals surface area contributed by atoms with Crippen molar-refractivity contribution in [2.75, 3.05) is 7.11 Å². The normalized spacial score (nSPS) is 23.1. The summed E-state index contributed by atoms with van der Waals surface area (Å²) in [6.07, 6.45) is 6.10. The highest BCUT2D eigenvalue weighted by atomic mass is 16.6. The molecule has 1 fully saturated rings. The van der Waals surface area contributed by atoms with Gasteiger partial charge in [0, 0.05) is 11.6 Å². The lowest BCUT2D eigenvalue weighted by molar-refractivity contribution is 0.0000813. The summed E-state index contributed by atoms with van der Waals surface area (Å²) in [5, 5.41) is 0. The molecule has 0 aliphatic carbocycles. The third-order valence-electron chi connectivity index (χ3n) is 4.94. The number of fused-ring (bicyclic) bond motifs is 2. The van der Waals surface area contributed by atoms with Crippen LogP contribution >= 0.6 is 0 Å². The average molecular weight is 343 g/mol. The molecule has 2 aliphatic rings. The maximum absolute atomic E-state index is 12.7. The topological polar surface area (TPSA) is 38.8 Å². The van der Waals surface area contributed by atoms with E-state index in [4.69, 9.17) is 9.47 Å². The van der Waals surface area contributed by atoms with Crippen LogP contribution in [0.25, 0.3) is 5.57 Å². The van der Waals surface area contributed by atoms with Crippen molar-refractivity contribution in [2.45, 2.75) is 71.1 Å². The van der Waals surface area contributed by atoms with Gasteiger partial charge in [-0.3, -0.25) is 4.90 Å². The van der Waals surface area contributed by atoms with E-state index < -0.39 is 5.60 Å². The third-order valence-corrected chi connectivity index (χ3v) is 4.94. The molecule has 1 amide bonds. The number of hydrogen-bond donors (Lipinski definition) is 0. The molecule has 1 saturated heterocycles. The van der Waals surface area contributed by atoms with E-state index in [9.17, 15) is 4.79 Å². The highest BCUT2D eigenvalue weighted by molar-refractivity contribution is 5.77. The lowest BCUT2D eigenvalue weighted by Crippen LogP contribution is -2.53. The summed E-state index contributed by atoms with van der Waals surface area (Å²) >= 11 is 0. The van der Waals surface area contributed by atoms with Crippen molar-refractivity contribution >= 4 is 11.7 Å². The van der Waals surface area contributed by atoms with Crippen LogP contribution in [0.4, 0.5) is 4.79 Å². The van der Waals surface area contributed by atoms with E-state index >= 15 is 0 Å². The zero-order valence-electron chi connectivity index (χ0n) is 16.0. The van der Waals surface area contributed by atoms with Crippen LogP contribution in [-0.4, -0.2) is 35.8 Å². The van der Waals surface area contributed by atoms with Gasteiger partial charge in [-0.1, -0.05) is 17.7 Å². The van der Waals surface area contributed by atoms with Crippen molar-refractivity contribution in [1.82, 2.24) is 4.90 Å². The van der Waals surface area contributed by atoms with Crippen molar-refractivity contribution in [3.63, 3.8) is 0 Å². The number of carbonyl (C=O) groups is 1. The standard InChI is InChI=1S/C21H29NO3/c1-14-9-10-19(24-5)18(11-14)15-12-16-7-6-8-17(13-15)22(16)20(23)25-21(2,3)4/h9-12,16-17H,6-8,13H2,1-5H3. The molecule has 2 bridgehead atoms. The molecule has 4 nitrogen and oxygen atoms in total. The Kier molecular flexibility index (Phi) is 4.81. The smallest absolute Gasteiger partial charge is 0.411 e. The van der Waals surface area contributed by atoms with Gasteiger partial charge in [0.15, 0.2) is 0 Å². The van der Waals surface area contributed by atoms with Gasteiger partial charge in [0.2, 0.25) is 0 Å². The third kappa shape index (κ3) is 3.83. The molecule has 1 aromatic rings. The number of ether oxygens (including phenoxy) is 2. The summed E-state index contributed by atoms with van der Waals surface area (Å²) in [6, 6.07) is 6.60. The fraction of sp³-hybridized carbons (Fsp3) is 0.571. The Morgan fingerprint density at radius 2 is 2.00 bits per heavy atom. The monoisotopic (exact) mass is 343 g/mol. The maximum Gasteiger partial charge on any atom is 0.411 e. The molecular formula is C21H29NO3. The minimum Gasteiger partial charge on any atom is -0.496 e. The van der Waals surface area contributed by atoms with Gasteiger partial charge in [0.05, 0.1) is 13.2 Å². The fourth-order valence-corrected chi connectivity index (χ4v) is 3.90. The first-order chi connectivity index (χ1) is 11.8. The van der Waals surface area contributed by atoms with Crippen molar-refractivity contribution < 1.29 is 14.3 Å². The Morgan fingerprint density at radius 3 is 2.64 bits per heavy atom. The van der Waals surface area contributed by atoms with Crippen LogP contribution in [0, 0.1) is 6.92 Å². The number of rotatable bonds is 2. The maximum atomic E-state index is 12.7. The summed E-state index contributed by atoms with van der Waals surface area (Å²) in [7, 11) is 1.71. The van der Waals surface area contributed by atoms with Gasteiger partial charge in [-0.2, -0.15) is 0 Å². The molecule has 25 heavy (non-hydrogen) atoms. The summed E-state index contributed by atoms with van der Waals surface area (Å²) in [5.74, 6) is 0.903. The fourth-order valence-electron chi connectivity index (χ4n) is 3.90. The minimum absolute atomic E-state index is 0.113. The van der Waals surface area contributed by atoms with E-state index in [1.165, 1.54) is 11.1 Å². The van der Waals surface area contributed by atoms with Gasteiger partial charge in [0.25, 0.3) is 0 Å². The number of hydrogen-bond acceptors (Lipinski definition) is 3. The minimum atomic E-state index is -0.463. The van der Waals surface area contributed by atoms with Crippen LogP contribution in [0.1, 0.15) is 57.6 Å². The molecule has 0 spiro atoms. The van der Waals surface area contributed by atoms with Crippen LogP contribution in [-0.2, 0) is 4.74 Å². The van der Waals surface area contributed by atoms with Crippen LogP contribution in [0.2, 0.25) is 0 Å². The van der Waals surface area contributed by atoms with Gasteiger partial charge in [-0.25, -0.2) is 4.79 Å². The average Bonchev–Trinajstić information content (AvgIpc) is 2.51. The number of methoxy groups -OCH3 is 1. The molecular weight excluding hydrogens is 314 g/mol. The first-order valence-corrected chi connectivity index (χ1v) is 9.15. The molecule has 2 heterocycles. The molecule has 0 aromatic heterocycles. The van der Waals surface area contributed by atoms with Crippen LogP contribution in [0.5, 0.6) is 5.75 Å². The number of carbonyl (C=O) groups excluding carboxylic acids is 1. The second-order valence-electron chi connectivity index (χ2n) is 8.14. The predicted octanol–water partition coefficient (Wildman–Crippen LogP) is 4.95. The van der Waals surface area contributed by atoms with Crippen molar-refractivity contribution in [1.29, 1.82) is 0 Å². The molecule has 4 heteroatoms. The van der Waals surface area contributed by atoms with Crippen molar-refractivity contribution in [3.8, 4) is 5.75 Å². The van der Waals surface area contributed by atoms with E-state index in [-0.39, 0.29) is 18.2 Å². The Bertz CT molecular complexity index is 687. The summed E-state index contributed by atoms with van der Waals surface area (Å²) in [5.41, 5.74) is 3.20. The Hall–Kier alpha value is -1.97. The molecule has 1 aromatic carbocycles. The van der Waals surface area contributed by atoms with Crippen LogP contribution in [0.15, 0.2) is 24.3 Å². The summed E-state index contributed by atoms with van der Waals surface area (Å²) in [6.45, 7) is 7.86. The van der Waals surface area contributed by atoms with E-state index in [0.717, 1.165) is 37.0 Å². The van der Waals surface area contributed by atoms with Gasteiger partial charge >= 0.3 is 6.09 Å². The second kappa shape index (κ2) is 6.74. The number of aryl methyl sites for hydroxylation is 1. The molecule has 3 rings (SSSR count). The van der Waals surface area contributed by atoms with Crippen molar-refractivity contribution in [3.05, 3.63) is 35.4 Å². The van der Waals surface area contributed by atoms with Crippen molar-refractivity contribution in [2.24, 2.45) is 0 Å². The first kappa shape index (κ1) is 17.8. The predicted molar refractivity (Wildman–Crippen MR) is 99.8 cm³/mol. The zero-order valence-corrected chi connectivity index (χ0v) is 16.0. The SMILES string of the molecule is COc1ccc(C)cc1C1=CC2CCCC(C1)N2C(=O)OC(C)(C)C. The van der Waals surface area contributed by atoms with Crippen LogP contribution < -0.4 is 4.74 Å². The lowest BCUT2D eigenvalue weighted by Gasteiger charge is -2.45. The molecule has 2 aliphatic heterocycles. The zero-order chi connectivity index (χ0) is 18.2. The van der Waals surface area contributed by atoms with Gasteiger partial charge in [-0.15, -0.1) is 0 Å². The quantitative estimate of drug-likeness (QED) is 0.763. The van der Waals surface area contributed by atoms with E-state index in [0.29, 0.717) is 0 Å². The second-order valence-corrected chi connectivity index (χ2v) is 8.14. The number of benzene rings is 1. The van der Waals surface area contributed by atoms with Gasteiger partial charge in [-0.05, 0) is 71.1 Å². The number of nitrogens with zero attached hydrogens (tertiary/aromatic N) is 1. The molecule has 0 radical (unpaired) electrons. The van der Waals surface area contributed by atoms with E-state index in [1.807, 2.05) is 31.7 Å². The highest BCUT2D eigenvalue weighted by Gasteiger charge is 2.39. The molecule has 0 N–H and O–H groups in total. The summed E-state index contributed by atoms with van der Waals surface area (Å²) < 4.78 is 11.2.